The van der Waals surface area contributed by atoms with Crippen LogP contribution in [0, 0.1) is 0 Å². The Labute approximate surface area is 104 Å². The second kappa shape index (κ2) is 4.18. The summed E-state index contributed by atoms with van der Waals surface area (Å²) in [6.07, 6.45) is 0. The van der Waals surface area contributed by atoms with Crippen molar-refractivity contribution < 1.29 is 4.74 Å². The van der Waals surface area contributed by atoms with Crippen molar-refractivity contribution in [2.75, 3.05) is 7.11 Å². The van der Waals surface area contributed by atoms with Gasteiger partial charge in [-0.1, -0.05) is 30.3 Å². The molecule has 2 nitrogen and oxygen atoms in total. The molecule has 17 heavy (non-hydrogen) atoms. The van der Waals surface area contributed by atoms with Gasteiger partial charge >= 0.3 is 0 Å². The highest BCUT2D eigenvalue weighted by Crippen LogP contribution is 2.31. The van der Waals surface area contributed by atoms with Gasteiger partial charge in [-0.15, -0.1) is 11.3 Å². The summed E-state index contributed by atoms with van der Waals surface area (Å²) in [5.74, 6) is 0.849. The van der Waals surface area contributed by atoms with Crippen LogP contribution in [-0.2, 0) is 0 Å². The number of aromatic nitrogens is 1. The lowest BCUT2D eigenvalue weighted by atomic mass is 10.2. The minimum atomic E-state index is 0.849. The van der Waals surface area contributed by atoms with Crippen LogP contribution < -0.4 is 4.74 Å². The van der Waals surface area contributed by atoms with E-state index in [4.69, 9.17) is 4.74 Å². The Bertz CT molecular complexity index is 646. The minimum absolute atomic E-state index is 0.849. The fourth-order valence-corrected chi connectivity index (χ4v) is 2.69. The van der Waals surface area contributed by atoms with Crippen molar-refractivity contribution in [1.29, 1.82) is 0 Å². The largest absolute Gasteiger partial charge is 0.497 e. The van der Waals surface area contributed by atoms with Crippen LogP contribution in [0.25, 0.3) is 20.8 Å². The first-order chi connectivity index (χ1) is 8.36. The maximum atomic E-state index is 5.20. The van der Waals surface area contributed by atoms with Crippen LogP contribution in [-0.4, -0.2) is 12.1 Å². The quantitative estimate of drug-likeness (QED) is 0.677. The fourth-order valence-electron chi connectivity index (χ4n) is 1.74. The van der Waals surface area contributed by atoms with E-state index in [9.17, 15) is 0 Å². The molecule has 0 atom stereocenters. The van der Waals surface area contributed by atoms with Crippen LogP contribution in [0.2, 0.25) is 0 Å². The third-order valence-electron chi connectivity index (χ3n) is 2.62. The van der Waals surface area contributed by atoms with Crippen LogP contribution in [0.1, 0.15) is 0 Å². The first-order valence-corrected chi connectivity index (χ1v) is 6.18. The molecule has 0 aliphatic carbocycles. The monoisotopic (exact) mass is 241 g/mol. The number of thiazole rings is 1. The van der Waals surface area contributed by atoms with E-state index in [-0.39, 0.29) is 0 Å². The van der Waals surface area contributed by atoms with E-state index in [1.54, 1.807) is 18.4 Å². The Morgan fingerprint density at radius 2 is 1.88 bits per heavy atom. The van der Waals surface area contributed by atoms with Crippen molar-refractivity contribution in [3.05, 3.63) is 48.5 Å². The Kier molecular flexibility index (Phi) is 2.53. The number of hydrogen-bond acceptors (Lipinski definition) is 3. The van der Waals surface area contributed by atoms with Crippen LogP contribution >= 0.6 is 11.3 Å². The molecule has 0 unspecified atom stereocenters. The number of nitrogens with zero attached hydrogens (tertiary/aromatic N) is 1. The maximum Gasteiger partial charge on any atom is 0.124 e. The SMILES string of the molecule is COc1ccc2sc(-c3ccccc3)nc2c1. The second-order valence-corrected chi connectivity index (χ2v) is 4.75. The highest BCUT2D eigenvalue weighted by molar-refractivity contribution is 7.21. The predicted octanol–water partition coefficient (Wildman–Crippen LogP) is 3.97. The van der Waals surface area contributed by atoms with Crippen molar-refractivity contribution in [1.82, 2.24) is 4.98 Å². The standard InChI is InChI=1S/C14H11NOS/c1-16-11-7-8-13-12(9-11)15-14(17-13)10-5-3-2-4-6-10/h2-9H,1H3. The Morgan fingerprint density at radius 3 is 2.65 bits per heavy atom. The average molecular weight is 241 g/mol. The molecule has 3 heteroatoms. The van der Waals surface area contributed by atoms with Gasteiger partial charge in [0.2, 0.25) is 0 Å². The van der Waals surface area contributed by atoms with Gasteiger partial charge in [0, 0.05) is 11.6 Å². The van der Waals surface area contributed by atoms with Gasteiger partial charge in [-0.3, -0.25) is 0 Å². The average Bonchev–Trinajstić information content (AvgIpc) is 2.82. The van der Waals surface area contributed by atoms with Gasteiger partial charge in [-0.2, -0.15) is 0 Å². The van der Waals surface area contributed by atoms with Gasteiger partial charge in [-0.05, 0) is 12.1 Å². The van der Waals surface area contributed by atoms with E-state index in [0.717, 1.165) is 21.8 Å². The van der Waals surface area contributed by atoms with Gasteiger partial charge < -0.3 is 4.74 Å². The highest BCUT2D eigenvalue weighted by Gasteiger charge is 2.06. The molecule has 0 radical (unpaired) electrons. The Balaban J connectivity index is 2.14. The zero-order valence-corrected chi connectivity index (χ0v) is 10.2. The first-order valence-electron chi connectivity index (χ1n) is 5.37. The zero-order chi connectivity index (χ0) is 11.7. The molecule has 0 amide bonds. The Hall–Kier alpha value is -1.87. The summed E-state index contributed by atoms with van der Waals surface area (Å²) in [6.45, 7) is 0. The van der Waals surface area contributed by atoms with Crippen LogP contribution in [0.4, 0.5) is 0 Å². The molecule has 0 fully saturated rings. The summed E-state index contributed by atoms with van der Waals surface area (Å²) in [5.41, 5.74) is 2.15. The third-order valence-corrected chi connectivity index (χ3v) is 3.70. The topological polar surface area (TPSA) is 22.1 Å². The summed E-state index contributed by atoms with van der Waals surface area (Å²) in [5, 5.41) is 1.05. The Morgan fingerprint density at radius 1 is 1.06 bits per heavy atom. The van der Waals surface area contributed by atoms with E-state index in [2.05, 4.69) is 23.2 Å². The molecule has 0 saturated carbocycles. The smallest absolute Gasteiger partial charge is 0.124 e. The van der Waals surface area contributed by atoms with Gasteiger partial charge in [0.15, 0.2) is 0 Å². The second-order valence-electron chi connectivity index (χ2n) is 3.72. The highest BCUT2D eigenvalue weighted by atomic mass is 32.1. The molecule has 3 aromatic rings. The van der Waals surface area contributed by atoms with Crippen LogP contribution in [0.15, 0.2) is 48.5 Å². The number of benzene rings is 2. The summed E-state index contributed by atoms with van der Waals surface area (Å²) < 4.78 is 6.39. The first kappa shape index (κ1) is 10.3. The summed E-state index contributed by atoms with van der Waals surface area (Å²) in [7, 11) is 1.67. The van der Waals surface area contributed by atoms with Crippen molar-refractivity contribution in [2.45, 2.75) is 0 Å². The maximum absolute atomic E-state index is 5.20. The van der Waals surface area contributed by atoms with Crippen molar-refractivity contribution >= 4 is 21.6 Å². The summed E-state index contributed by atoms with van der Waals surface area (Å²) in [4.78, 5) is 4.63. The van der Waals surface area contributed by atoms with E-state index in [1.807, 2.05) is 30.3 Å². The van der Waals surface area contributed by atoms with Crippen LogP contribution in [0.3, 0.4) is 0 Å². The number of fused-ring (bicyclic) bond motifs is 1. The molecule has 0 spiro atoms. The van der Waals surface area contributed by atoms with Crippen LogP contribution in [0.5, 0.6) is 5.75 Å². The molecule has 0 N–H and O–H groups in total. The lowest BCUT2D eigenvalue weighted by Gasteiger charge is -1.96. The third kappa shape index (κ3) is 1.89. The zero-order valence-electron chi connectivity index (χ0n) is 9.38. The van der Waals surface area contributed by atoms with Crippen molar-refractivity contribution in [3.8, 4) is 16.3 Å². The van der Waals surface area contributed by atoms with Gasteiger partial charge in [0.25, 0.3) is 0 Å². The van der Waals surface area contributed by atoms with Gasteiger partial charge in [0.1, 0.15) is 10.8 Å². The van der Waals surface area contributed by atoms with Gasteiger partial charge in [0.05, 0.1) is 17.3 Å². The molecule has 0 bridgehead atoms. The number of ether oxygens (including phenoxy) is 1. The predicted molar refractivity (Wildman–Crippen MR) is 71.6 cm³/mol. The molecule has 84 valence electrons. The molecule has 2 aromatic carbocycles. The molecular formula is C14H11NOS. The number of rotatable bonds is 2. The molecule has 0 aliphatic rings. The lowest BCUT2D eigenvalue weighted by Crippen LogP contribution is -1.81. The molecule has 1 aromatic heterocycles. The number of methoxy groups -OCH3 is 1. The normalized spacial score (nSPS) is 10.6. The molecule has 0 saturated heterocycles. The summed E-state index contributed by atoms with van der Waals surface area (Å²) >= 11 is 1.70. The molecule has 1 heterocycles. The number of hydrogen-bond donors (Lipinski definition) is 0. The van der Waals surface area contributed by atoms with E-state index in [1.165, 1.54) is 4.70 Å². The molecular weight excluding hydrogens is 230 g/mol. The van der Waals surface area contributed by atoms with E-state index in [0.29, 0.717) is 0 Å². The van der Waals surface area contributed by atoms with E-state index < -0.39 is 0 Å². The van der Waals surface area contributed by atoms with Crippen molar-refractivity contribution in [3.63, 3.8) is 0 Å². The lowest BCUT2D eigenvalue weighted by molar-refractivity contribution is 0.415. The minimum Gasteiger partial charge on any atom is -0.497 e. The van der Waals surface area contributed by atoms with Crippen molar-refractivity contribution in [2.24, 2.45) is 0 Å². The fraction of sp³-hybridized carbons (Fsp3) is 0.0714. The summed E-state index contributed by atoms with van der Waals surface area (Å²) in [6, 6.07) is 16.2. The van der Waals surface area contributed by atoms with Gasteiger partial charge in [-0.25, -0.2) is 4.98 Å². The van der Waals surface area contributed by atoms with E-state index >= 15 is 0 Å². The molecule has 3 rings (SSSR count). The molecule has 0 aliphatic heterocycles.